The molecule has 0 spiro atoms. The molecule has 0 aromatic heterocycles. The number of carbonyl (C=O) groups excluding carboxylic acids is 2. The molecule has 0 atom stereocenters. The number of rotatable bonds is 8. The fourth-order valence-corrected chi connectivity index (χ4v) is 4.52. The van der Waals surface area contributed by atoms with Crippen molar-refractivity contribution >= 4 is 11.8 Å². The van der Waals surface area contributed by atoms with Crippen LogP contribution >= 0.6 is 0 Å². The van der Waals surface area contributed by atoms with Crippen molar-refractivity contribution in [3.8, 4) is 0 Å². The predicted molar refractivity (Wildman–Crippen MR) is 126 cm³/mol. The van der Waals surface area contributed by atoms with E-state index in [1.54, 1.807) is 0 Å². The molecular weight excluding hydrogens is 400 g/mol. The number of hydrogen-bond donors (Lipinski definition) is 1. The molecule has 32 heavy (non-hydrogen) atoms. The van der Waals surface area contributed by atoms with Crippen LogP contribution in [0.15, 0.2) is 48.5 Å². The molecule has 2 aliphatic rings. The van der Waals surface area contributed by atoms with Crippen molar-refractivity contribution in [1.82, 2.24) is 20.0 Å². The lowest BCUT2D eigenvalue weighted by atomic mass is 10.1. The molecule has 170 valence electrons. The summed E-state index contributed by atoms with van der Waals surface area (Å²) < 4.78 is 0. The van der Waals surface area contributed by atoms with Crippen LogP contribution in [-0.4, -0.2) is 65.8 Å². The van der Waals surface area contributed by atoms with Crippen LogP contribution in [0.1, 0.15) is 46.8 Å². The average molecular weight is 435 g/mol. The number of nitrogens with zero attached hydrogens (tertiary/aromatic N) is 3. The monoisotopic (exact) mass is 434 g/mol. The van der Waals surface area contributed by atoms with Crippen LogP contribution in [0.4, 0.5) is 0 Å². The largest absolute Gasteiger partial charge is 0.348 e. The number of amides is 2. The van der Waals surface area contributed by atoms with Crippen molar-refractivity contribution in [2.45, 2.75) is 39.4 Å². The third-order valence-electron chi connectivity index (χ3n) is 6.62. The Labute approximate surface area is 191 Å². The van der Waals surface area contributed by atoms with E-state index < -0.39 is 0 Å². The van der Waals surface area contributed by atoms with E-state index in [4.69, 9.17) is 0 Å². The number of hydrogen-bond acceptors (Lipinski definition) is 4. The summed E-state index contributed by atoms with van der Waals surface area (Å²) in [5.74, 6) is 0.151. The van der Waals surface area contributed by atoms with E-state index in [0.29, 0.717) is 25.1 Å². The fourth-order valence-electron chi connectivity index (χ4n) is 4.52. The zero-order valence-electron chi connectivity index (χ0n) is 19.1. The van der Waals surface area contributed by atoms with Crippen molar-refractivity contribution in [3.05, 3.63) is 70.8 Å². The number of likely N-dealkylation sites (tertiary alicyclic amines) is 1. The second kappa shape index (κ2) is 10.7. The first kappa shape index (κ1) is 22.5. The molecule has 2 aromatic rings. The summed E-state index contributed by atoms with van der Waals surface area (Å²) in [4.78, 5) is 31.4. The highest BCUT2D eigenvalue weighted by Gasteiger charge is 2.20. The molecule has 4 rings (SSSR count). The third kappa shape index (κ3) is 5.75. The van der Waals surface area contributed by atoms with Gasteiger partial charge in [-0.2, -0.15) is 0 Å². The van der Waals surface area contributed by atoms with E-state index in [-0.39, 0.29) is 11.8 Å². The Kier molecular flexibility index (Phi) is 7.55. The van der Waals surface area contributed by atoms with Crippen LogP contribution in [-0.2, 0) is 24.4 Å². The van der Waals surface area contributed by atoms with E-state index in [0.717, 1.165) is 57.8 Å². The maximum Gasteiger partial charge on any atom is 0.251 e. The van der Waals surface area contributed by atoms with Gasteiger partial charge in [-0.25, -0.2) is 0 Å². The van der Waals surface area contributed by atoms with Crippen molar-refractivity contribution in [3.63, 3.8) is 0 Å². The van der Waals surface area contributed by atoms with Gasteiger partial charge in [0.2, 0.25) is 5.91 Å². The SMILES string of the molecule is CCN1CCN(Cc2ccccc2CNC(=O)c2ccc(CN3CCCC3=O)cc2)CC1. The molecule has 2 heterocycles. The molecular formula is C26H34N4O2. The summed E-state index contributed by atoms with van der Waals surface area (Å²) in [6.45, 7) is 10.7. The van der Waals surface area contributed by atoms with Gasteiger partial charge in [0.05, 0.1) is 0 Å². The highest BCUT2D eigenvalue weighted by Crippen LogP contribution is 2.16. The third-order valence-corrected chi connectivity index (χ3v) is 6.62. The Morgan fingerprint density at radius 2 is 1.56 bits per heavy atom. The van der Waals surface area contributed by atoms with Crippen molar-refractivity contribution in [2.24, 2.45) is 0 Å². The molecule has 0 bridgehead atoms. The van der Waals surface area contributed by atoms with Gasteiger partial charge in [0, 0.05) is 64.3 Å². The Hall–Kier alpha value is -2.70. The van der Waals surface area contributed by atoms with Crippen molar-refractivity contribution < 1.29 is 9.59 Å². The van der Waals surface area contributed by atoms with Crippen LogP contribution in [0.3, 0.4) is 0 Å². The van der Waals surface area contributed by atoms with Crippen LogP contribution in [0.5, 0.6) is 0 Å². The minimum Gasteiger partial charge on any atom is -0.348 e. The zero-order valence-corrected chi connectivity index (χ0v) is 19.1. The highest BCUT2D eigenvalue weighted by molar-refractivity contribution is 5.94. The molecule has 2 aromatic carbocycles. The smallest absolute Gasteiger partial charge is 0.251 e. The summed E-state index contributed by atoms with van der Waals surface area (Å²) in [6, 6.07) is 16.0. The summed E-state index contributed by atoms with van der Waals surface area (Å²) >= 11 is 0. The molecule has 0 radical (unpaired) electrons. The maximum atomic E-state index is 12.7. The van der Waals surface area contributed by atoms with Crippen LogP contribution < -0.4 is 5.32 Å². The molecule has 0 unspecified atom stereocenters. The van der Waals surface area contributed by atoms with Gasteiger partial charge in [0.25, 0.3) is 5.91 Å². The lowest BCUT2D eigenvalue weighted by molar-refractivity contribution is -0.128. The topological polar surface area (TPSA) is 55.9 Å². The van der Waals surface area contributed by atoms with Crippen molar-refractivity contribution in [1.29, 1.82) is 0 Å². The Morgan fingerprint density at radius 3 is 2.22 bits per heavy atom. The average Bonchev–Trinajstić information content (AvgIpc) is 3.23. The van der Waals surface area contributed by atoms with Crippen LogP contribution in [0, 0.1) is 0 Å². The van der Waals surface area contributed by atoms with Gasteiger partial charge in [-0.05, 0) is 41.8 Å². The van der Waals surface area contributed by atoms with E-state index in [2.05, 4.69) is 40.2 Å². The summed E-state index contributed by atoms with van der Waals surface area (Å²) in [6.07, 6.45) is 1.59. The molecule has 6 heteroatoms. The Morgan fingerprint density at radius 1 is 0.875 bits per heavy atom. The molecule has 2 saturated heterocycles. The first-order chi connectivity index (χ1) is 15.6. The first-order valence-corrected chi connectivity index (χ1v) is 11.8. The molecule has 6 nitrogen and oxygen atoms in total. The van der Waals surface area contributed by atoms with Gasteiger partial charge in [-0.3, -0.25) is 14.5 Å². The van der Waals surface area contributed by atoms with Crippen molar-refractivity contribution in [2.75, 3.05) is 39.3 Å². The first-order valence-electron chi connectivity index (χ1n) is 11.8. The summed E-state index contributed by atoms with van der Waals surface area (Å²) in [5, 5.41) is 3.08. The quantitative estimate of drug-likeness (QED) is 0.694. The molecule has 0 saturated carbocycles. The molecule has 2 aliphatic heterocycles. The maximum absolute atomic E-state index is 12.7. The zero-order chi connectivity index (χ0) is 22.3. The highest BCUT2D eigenvalue weighted by atomic mass is 16.2. The van der Waals surface area contributed by atoms with E-state index in [1.807, 2.05) is 35.2 Å². The van der Waals surface area contributed by atoms with E-state index >= 15 is 0 Å². The fraction of sp³-hybridized carbons (Fsp3) is 0.462. The second-order valence-corrected chi connectivity index (χ2v) is 8.78. The van der Waals surface area contributed by atoms with Crippen LogP contribution in [0.25, 0.3) is 0 Å². The number of benzene rings is 2. The Bertz CT molecular complexity index is 920. The van der Waals surface area contributed by atoms with Gasteiger partial charge < -0.3 is 15.1 Å². The van der Waals surface area contributed by atoms with Gasteiger partial charge in [-0.1, -0.05) is 43.3 Å². The summed E-state index contributed by atoms with van der Waals surface area (Å²) in [5.41, 5.74) is 4.16. The number of carbonyl (C=O) groups is 2. The normalized spacial score (nSPS) is 17.7. The molecule has 0 aliphatic carbocycles. The minimum absolute atomic E-state index is 0.0693. The van der Waals surface area contributed by atoms with Crippen LogP contribution in [0.2, 0.25) is 0 Å². The summed E-state index contributed by atoms with van der Waals surface area (Å²) in [7, 11) is 0. The van der Waals surface area contributed by atoms with Gasteiger partial charge >= 0.3 is 0 Å². The van der Waals surface area contributed by atoms with Gasteiger partial charge in [0.15, 0.2) is 0 Å². The standard InChI is InChI=1S/C26H34N4O2/c1-2-28-14-16-29(17-15-28)20-24-7-4-3-6-23(24)18-27-26(32)22-11-9-21(10-12-22)19-30-13-5-8-25(30)31/h3-4,6-7,9-12H,2,5,8,13-20H2,1H3,(H,27,32). The number of piperazine rings is 1. The van der Waals surface area contributed by atoms with Gasteiger partial charge in [0.1, 0.15) is 0 Å². The second-order valence-electron chi connectivity index (χ2n) is 8.78. The number of likely N-dealkylation sites (N-methyl/N-ethyl adjacent to an activating group) is 1. The lowest BCUT2D eigenvalue weighted by Crippen LogP contribution is -2.45. The number of nitrogens with one attached hydrogen (secondary N) is 1. The molecule has 1 N–H and O–H groups in total. The van der Waals surface area contributed by atoms with Gasteiger partial charge in [-0.15, -0.1) is 0 Å². The van der Waals surface area contributed by atoms with E-state index in [9.17, 15) is 9.59 Å². The molecule has 2 fully saturated rings. The Balaban J connectivity index is 1.30. The minimum atomic E-state index is -0.0693. The van der Waals surface area contributed by atoms with E-state index in [1.165, 1.54) is 11.1 Å². The lowest BCUT2D eigenvalue weighted by Gasteiger charge is -2.34. The molecule has 2 amide bonds. The predicted octanol–water partition coefficient (Wildman–Crippen LogP) is 2.88.